The van der Waals surface area contributed by atoms with E-state index in [0.29, 0.717) is 0 Å². The summed E-state index contributed by atoms with van der Waals surface area (Å²) < 4.78 is 0. The number of benzene rings is 1. The van der Waals surface area contributed by atoms with Crippen molar-refractivity contribution in [1.29, 1.82) is 0 Å². The molecule has 2 rings (SSSR count). The molecule has 0 amide bonds. The van der Waals surface area contributed by atoms with Gasteiger partial charge in [0.2, 0.25) is 0 Å². The van der Waals surface area contributed by atoms with Gasteiger partial charge in [0, 0.05) is 11.0 Å². The van der Waals surface area contributed by atoms with Crippen LogP contribution in [0.15, 0.2) is 24.3 Å². The van der Waals surface area contributed by atoms with Gasteiger partial charge in [-0.2, -0.15) is 11.8 Å². The fraction of sp³-hybridized carbons (Fsp3) is 0.625. The first-order valence-electron chi connectivity index (χ1n) is 7.18. The van der Waals surface area contributed by atoms with Gasteiger partial charge in [-0.25, -0.2) is 0 Å². The summed E-state index contributed by atoms with van der Waals surface area (Å²) in [6.07, 6.45) is 7.56. The number of hydrogen-bond acceptors (Lipinski definition) is 2. The van der Waals surface area contributed by atoms with Crippen LogP contribution in [0.25, 0.3) is 0 Å². The Labute approximate surface area is 115 Å². The molecule has 1 atom stereocenters. The van der Waals surface area contributed by atoms with Crippen LogP contribution in [0, 0.1) is 0 Å². The number of rotatable bonds is 5. The Morgan fingerprint density at radius 3 is 2.78 bits per heavy atom. The molecule has 18 heavy (non-hydrogen) atoms. The number of aliphatic hydroxyl groups excluding tert-OH is 1. The van der Waals surface area contributed by atoms with Crippen LogP contribution in [-0.2, 0) is 6.42 Å². The molecule has 1 aliphatic rings. The molecule has 1 aromatic carbocycles. The van der Waals surface area contributed by atoms with E-state index in [1.807, 2.05) is 17.8 Å². The second kappa shape index (κ2) is 7.20. The molecule has 1 nitrogen and oxygen atoms in total. The maximum atomic E-state index is 10.3. The van der Waals surface area contributed by atoms with E-state index in [4.69, 9.17) is 0 Å². The Morgan fingerprint density at radius 2 is 2.06 bits per heavy atom. The van der Waals surface area contributed by atoms with Crippen molar-refractivity contribution in [3.8, 4) is 0 Å². The van der Waals surface area contributed by atoms with Crippen LogP contribution in [0.2, 0.25) is 0 Å². The van der Waals surface area contributed by atoms with Crippen LogP contribution in [0.3, 0.4) is 0 Å². The molecule has 0 spiro atoms. The molecule has 1 saturated carbocycles. The zero-order valence-electron chi connectivity index (χ0n) is 11.3. The van der Waals surface area contributed by atoms with Crippen LogP contribution in [-0.4, -0.2) is 16.1 Å². The van der Waals surface area contributed by atoms with Crippen molar-refractivity contribution in [2.75, 3.05) is 5.75 Å². The zero-order valence-corrected chi connectivity index (χ0v) is 12.1. The van der Waals surface area contributed by atoms with Gasteiger partial charge in [-0.3, -0.25) is 0 Å². The highest BCUT2D eigenvalue weighted by Gasteiger charge is 2.16. The van der Waals surface area contributed by atoms with E-state index in [-0.39, 0.29) is 6.10 Å². The van der Waals surface area contributed by atoms with Crippen LogP contribution in [0.5, 0.6) is 0 Å². The molecule has 1 fully saturated rings. The van der Waals surface area contributed by atoms with Crippen molar-refractivity contribution >= 4 is 11.8 Å². The third kappa shape index (κ3) is 4.03. The van der Waals surface area contributed by atoms with Crippen molar-refractivity contribution in [3.63, 3.8) is 0 Å². The molecule has 0 radical (unpaired) electrons. The second-order valence-corrected chi connectivity index (χ2v) is 6.54. The van der Waals surface area contributed by atoms with Gasteiger partial charge >= 0.3 is 0 Å². The molecule has 0 aliphatic heterocycles. The normalized spacial score (nSPS) is 18.8. The van der Waals surface area contributed by atoms with E-state index in [9.17, 15) is 5.11 Å². The highest BCUT2D eigenvalue weighted by Crippen LogP contribution is 2.31. The highest BCUT2D eigenvalue weighted by molar-refractivity contribution is 7.99. The van der Waals surface area contributed by atoms with Gasteiger partial charge in [-0.05, 0) is 30.4 Å². The summed E-state index contributed by atoms with van der Waals surface area (Å²) in [5.41, 5.74) is 2.40. The molecule has 1 aromatic rings. The van der Waals surface area contributed by atoms with Gasteiger partial charge in [-0.1, -0.05) is 50.5 Å². The summed E-state index contributed by atoms with van der Waals surface area (Å²) in [7, 11) is 0. The van der Waals surface area contributed by atoms with Gasteiger partial charge in [0.25, 0.3) is 0 Å². The lowest BCUT2D eigenvalue weighted by Crippen LogP contribution is -2.11. The van der Waals surface area contributed by atoms with Gasteiger partial charge in [0.15, 0.2) is 0 Å². The minimum absolute atomic E-state index is 0.302. The van der Waals surface area contributed by atoms with Crippen LogP contribution in [0.4, 0.5) is 0 Å². The minimum atomic E-state index is -0.302. The van der Waals surface area contributed by atoms with Gasteiger partial charge in [0.1, 0.15) is 0 Å². The van der Waals surface area contributed by atoms with Gasteiger partial charge in [-0.15, -0.1) is 0 Å². The molecular formula is C16H24OS. The predicted molar refractivity (Wildman–Crippen MR) is 80.1 cm³/mol. The summed E-state index contributed by atoms with van der Waals surface area (Å²) in [6, 6.07) is 8.38. The van der Waals surface area contributed by atoms with Crippen LogP contribution >= 0.6 is 11.8 Å². The minimum Gasteiger partial charge on any atom is -0.388 e. The van der Waals surface area contributed by atoms with E-state index < -0.39 is 0 Å². The molecule has 1 N–H and O–H groups in total. The van der Waals surface area contributed by atoms with Crippen molar-refractivity contribution in [2.24, 2.45) is 0 Å². The Bertz CT molecular complexity index is 358. The Balaban J connectivity index is 1.84. The SMILES string of the molecule is CCc1cccc(C(O)CSC2CCCCC2)c1. The second-order valence-electron chi connectivity index (χ2n) is 5.21. The molecule has 2 heteroatoms. The van der Waals surface area contributed by atoms with Gasteiger partial charge < -0.3 is 5.11 Å². The smallest absolute Gasteiger partial charge is 0.0880 e. The highest BCUT2D eigenvalue weighted by atomic mass is 32.2. The topological polar surface area (TPSA) is 20.2 Å². The lowest BCUT2D eigenvalue weighted by atomic mass is 10.0. The van der Waals surface area contributed by atoms with Crippen molar-refractivity contribution in [2.45, 2.75) is 56.8 Å². The monoisotopic (exact) mass is 264 g/mol. The third-order valence-corrected chi connectivity index (χ3v) is 5.24. The fourth-order valence-electron chi connectivity index (χ4n) is 2.58. The van der Waals surface area contributed by atoms with E-state index in [1.54, 1.807) is 0 Å². The molecule has 0 heterocycles. The molecule has 0 bridgehead atoms. The van der Waals surface area contributed by atoms with Crippen molar-refractivity contribution in [3.05, 3.63) is 35.4 Å². The van der Waals surface area contributed by atoms with Crippen LogP contribution in [0.1, 0.15) is 56.3 Å². The Kier molecular flexibility index (Phi) is 5.58. The van der Waals surface area contributed by atoms with E-state index in [0.717, 1.165) is 23.0 Å². The Morgan fingerprint density at radius 1 is 1.28 bits per heavy atom. The average molecular weight is 264 g/mol. The van der Waals surface area contributed by atoms with E-state index in [1.165, 1.54) is 37.7 Å². The number of thioether (sulfide) groups is 1. The first-order chi connectivity index (χ1) is 8.79. The number of aryl methyl sites for hydroxylation is 1. The van der Waals surface area contributed by atoms with Crippen molar-refractivity contribution < 1.29 is 5.11 Å². The molecule has 100 valence electrons. The lowest BCUT2D eigenvalue weighted by molar-refractivity contribution is 0.204. The van der Waals surface area contributed by atoms with Gasteiger partial charge in [0.05, 0.1) is 6.10 Å². The summed E-state index contributed by atoms with van der Waals surface area (Å²) in [5, 5.41) is 11.0. The summed E-state index contributed by atoms with van der Waals surface area (Å²) >= 11 is 1.96. The van der Waals surface area contributed by atoms with E-state index >= 15 is 0 Å². The average Bonchev–Trinajstić information content (AvgIpc) is 2.46. The van der Waals surface area contributed by atoms with Crippen molar-refractivity contribution in [1.82, 2.24) is 0 Å². The third-order valence-electron chi connectivity index (χ3n) is 3.79. The summed E-state index contributed by atoms with van der Waals surface area (Å²) in [5.74, 6) is 0.845. The zero-order chi connectivity index (χ0) is 12.8. The number of aliphatic hydroxyl groups is 1. The van der Waals surface area contributed by atoms with Crippen LogP contribution < -0.4 is 0 Å². The molecule has 1 aliphatic carbocycles. The maximum absolute atomic E-state index is 10.3. The molecular weight excluding hydrogens is 240 g/mol. The largest absolute Gasteiger partial charge is 0.388 e. The van der Waals surface area contributed by atoms with E-state index in [2.05, 4.69) is 25.1 Å². The summed E-state index contributed by atoms with van der Waals surface area (Å²) in [6.45, 7) is 2.16. The number of hydrogen-bond donors (Lipinski definition) is 1. The first kappa shape index (κ1) is 14.0. The quantitative estimate of drug-likeness (QED) is 0.853. The molecule has 0 aromatic heterocycles. The predicted octanol–water partition coefficient (Wildman–Crippen LogP) is 4.35. The summed E-state index contributed by atoms with van der Waals surface area (Å²) in [4.78, 5) is 0. The Hall–Kier alpha value is -0.470. The molecule has 0 saturated heterocycles. The first-order valence-corrected chi connectivity index (χ1v) is 8.23. The lowest BCUT2D eigenvalue weighted by Gasteiger charge is -2.22. The maximum Gasteiger partial charge on any atom is 0.0880 e. The molecule has 1 unspecified atom stereocenters. The standard InChI is InChI=1S/C16H24OS/c1-2-13-7-6-8-14(11-13)16(17)12-18-15-9-4-3-5-10-15/h6-8,11,15-17H,2-5,9-10,12H2,1H3. The fourth-order valence-corrected chi connectivity index (χ4v) is 3.89.